The molecule has 1 saturated heterocycles. The Bertz CT molecular complexity index is 266. The highest BCUT2D eigenvalue weighted by Crippen LogP contribution is 2.41. The topological polar surface area (TPSA) is 32.5 Å². The molecule has 2 fully saturated rings. The molecule has 2 rings (SSSR count). The van der Waals surface area contributed by atoms with Crippen LogP contribution < -0.4 is 5.73 Å². The van der Waals surface area contributed by atoms with Gasteiger partial charge in [0, 0.05) is 31.2 Å². The number of rotatable bonds is 4. The average Bonchev–Trinajstić information content (AvgIpc) is 2.88. The van der Waals surface area contributed by atoms with E-state index in [9.17, 15) is 0 Å². The third-order valence-corrected chi connectivity index (χ3v) is 5.54. The lowest BCUT2D eigenvalue weighted by atomic mass is 9.70. The molecule has 0 radical (unpaired) electrons. The zero-order chi connectivity index (χ0) is 13.2. The van der Waals surface area contributed by atoms with Crippen LogP contribution in [0, 0.1) is 5.92 Å². The number of likely N-dealkylation sites (tertiary alicyclic amines) is 1. The molecule has 1 aliphatic carbocycles. The van der Waals surface area contributed by atoms with Gasteiger partial charge >= 0.3 is 0 Å². The molecule has 3 atom stereocenters. The molecule has 0 aromatic heterocycles. The number of hydrogen-bond acceptors (Lipinski definition) is 3. The standard InChI is InChI=1S/C15H31N3/c1-4-13-7-5-6-9-15(13,12-16)18-10-8-14(11-18)17(2)3/h13-14H,4-12,16H2,1-3H3. The number of nitrogens with zero attached hydrogens (tertiary/aromatic N) is 2. The zero-order valence-corrected chi connectivity index (χ0v) is 12.5. The summed E-state index contributed by atoms with van der Waals surface area (Å²) < 4.78 is 0. The SMILES string of the molecule is CCC1CCCCC1(CN)N1CCC(N(C)C)C1. The molecule has 3 nitrogen and oxygen atoms in total. The molecule has 106 valence electrons. The highest BCUT2D eigenvalue weighted by Gasteiger charge is 2.45. The maximum Gasteiger partial charge on any atom is 0.0360 e. The molecule has 1 heterocycles. The molecular formula is C15H31N3. The van der Waals surface area contributed by atoms with Crippen molar-refractivity contribution in [1.29, 1.82) is 0 Å². The molecule has 0 bridgehead atoms. The van der Waals surface area contributed by atoms with Crippen molar-refractivity contribution in [3.63, 3.8) is 0 Å². The Morgan fingerprint density at radius 1 is 1.28 bits per heavy atom. The molecule has 0 amide bonds. The minimum absolute atomic E-state index is 0.317. The lowest BCUT2D eigenvalue weighted by Gasteiger charge is -2.50. The van der Waals surface area contributed by atoms with E-state index in [2.05, 4.69) is 30.8 Å². The van der Waals surface area contributed by atoms with Gasteiger partial charge in [0.05, 0.1) is 0 Å². The van der Waals surface area contributed by atoms with Gasteiger partial charge in [0.25, 0.3) is 0 Å². The Balaban J connectivity index is 2.11. The summed E-state index contributed by atoms with van der Waals surface area (Å²) in [5.41, 5.74) is 6.57. The first kappa shape index (κ1) is 14.3. The molecule has 3 heteroatoms. The predicted octanol–water partition coefficient (Wildman–Crippen LogP) is 1.92. The Morgan fingerprint density at radius 2 is 2.06 bits per heavy atom. The van der Waals surface area contributed by atoms with Crippen molar-refractivity contribution in [3.8, 4) is 0 Å². The van der Waals surface area contributed by atoms with Crippen LogP contribution in [0.3, 0.4) is 0 Å². The summed E-state index contributed by atoms with van der Waals surface area (Å²) in [7, 11) is 4.42. The summed E-state index contributed by atoms with van der Waals surface area (Å²) in [6.07, 6.45) is 8.09. The maximum absolute atomic E-state index is 6.25. The smallest absolute Gasteiger partial charge is 0.0360 e. The molecule has 2 aliphatic rings. The van der Waals surface area contributed by atoms with Crippen LogP contribution in [0.4, 0.5) is 0 Å². The van der Waals surface area contributed by atoms with Crippen molar-refractivity contribution in [1.82, 2.24) is 9.80 Å². The van der Waals surface area contributed by atoms with Gasteiger partial charge in [-0.1, -0.05) is 26.2 Å². The fraction of sp³-hybridized carbons (Fsp3) is 1.00. The van der Waals surface area contributed by atoms with Crippen molar-refractivity contribution in [3.05, 3.63) is 0 Å². The highest BCUT2D eigenvalue weighted by molar-refractivity contribution is 5.02. The van der Waals surface area contributed by atoms with E-state index in [-0.39, 0.29) is 0 Å². The number of nitrogens with two attached hydrogens (primary N) is 1. The first-order chi connectivity index (χ1) is 8.64. The van der Waals surface area contributed by atoms with E-state index < -0.39 is 0 Å². The van der Waals surface area contributed by atoms with E-state index in [0.717, 1.165) is 18.5 Å². The second-order valence-corrected chi connectivity index (χ2v) is 6.51. The van der Waals surface area contributed by atoms with Crippen LogP contribution in [0.2, 0.25) is 0 Å². The van der Waals surface area contributed by atoms with Crippen LogP contribution in [0.15, 0.2) is 0 Å². The summed E-state index contributed by atoms with van der Waals surface area (Å²) in [5.74, 6) is 0.817. The first-order valence-corrected chi connectivity index (χ1v) is 7.75. The van der Waals surface area contributed by atoms with Crippen molar-refractivity contribution in [2.75, 3.05) is 33.7 Å². The summed E-state index contributed by atoms with van der Waals surface area (Å²) in [5, 5.41) is 0. The van der Waals surface area contributed by atoms with Gasteiger partial charge in [-0.15, -0.1) is 0 Å². The predicted molar refractivity (Wildman–Crippen MR) is 77.7 cm³/mol. The van der Waals surface area contributed by atoms with Crippen LogP contribution in [0.5, 0.6) is 0 Å². The van der Waals surface area contributed by atoms with Gasteiger partial charge in [-0.2, -0.15) is 0 Å². The summed E-state index contributed by atoms with van der Waals surface area (Å²) >= 11 is 0. The van der Waals surface area contributed by atoms with Crippen molar-refractivity contribution < 1.29 is 0 Å². The molecular weight excluding hydrogens is 222 g/mol. The number of hydrogen-bond donors (Lipinski definition) is 1. The lowest BCUT2D eigenvalue weighted by Crippen LogP contribution is -2.59. The van der Waals surface area contributed by atoms with Crippen LogP contribution in [0.25, 0.3) is 0 Å². The van der Waals surface area contributed by atoms with E-state index in [4.69, 9.17) is 5.73 Å². The van der Waals surface area contributed by atoms with Crippen molar-refractivity contribution in [2.45, 2.75) is 57.0 Å². The molecule has 1 aliphatic heterocycles. The summed E-state index contributed by atoms with van der Waals surface area (Å²) in [6, 6.07) is 0.729. The van der Waals surface area contributed by atoms with Gasteiger partial charge < -0.3 is 10.6 Å². The molecule has 0 spiro atoms. The van der Waals surface area contributed by atoms with E-state index in [1.807, 2.05) is 0 Å². The first-order valence-electron chi connectivity index (χ1n) is 7.75. The van der Waals surface area contributed by atoms with E-state index in [0.29, 0.717) is 5.54 Å². The molecule has 0 aromatic carbocycles. The minimum atomic E-state index is 0.317. The number of likely N-dealkylation sites (N-methyl/N-ethyl adjacent to an activating group) is 1. The third kappa shape index (κ3) is 2.45. The van der Waals surface area contributed by atoms with Crippen LogP contribution >= 0.6 is 0 Å². The van der Waals surface area contributed by atoms with Gasteiger partial charge in [-0.25, -0.2) is 0 Å². The Hall–Kier alpha value is -0.120. The Kier molecular flexibility index (Phi) is 4.68. The second-order valence-electron chi connectivity index (χ2n) is 6.51. The fourth-order valence-corrected chi connectivity index (χ4v) is 4.26. The molecule has 1 saturated carbocycles. The zero-order valence-electron chi connectivity index (χ0n) is 12.5. The molecule has 2 N–H and O–H groups in total. The quantitative estimate of drug-likeness (QED) is 0.831. The van der Waals surface area contributed by atoms with Crippen LogP contribution in [-0.2, 0) is 0 Å². The van der Waals surface area contributed by atoms with Gasteiger partial charge in [0.1, 0.15) is 0 Å². The fourth-order valence-electron chi connectivity index (χ4n) is 4.26. The van der Waals surface area contributed by atoms with Crippen molar-refractivity contribution in [2.24, 2.45) is 11.7 Å². The second kappa shape index (κ2) is 5.89. The van der Waals surface area contributed by atoms with Gasteiger partial charge in [-0.05, 0) is 39.3 Å². The Morgan fingerprint density at radius 3 is 2.61 bits per heavy atom. The maximum atomic E-state index is 6.25. The monoisotopic (exact) mass is 253 g/mol. The minimum Gasteiger partial charge on any atom is -0.329 e. The van der Waals surface area contributed by atoms with E-state index in [1.165, 1.54) is 51.6 Å². The third-order valence-electron chi connectivity index (χ3n) is 5.54. The van der Waals surface area contributed by atoms with E-state index >= 15 is 0 Å². The lowest BCUT2D eigenvalue weighted by molar-refractivity contribution is 0.0175. The van der Waals surface area contributed by atoms with Gasteiger partial charge in [-0.3, -0.25) is 4.90 Å². The van der Waals surface area contributed by atoms with Gasteiger partial charge in [0.15, 0.2) is 0 Å². The summed E-state index contributed by atoms with van der Waals surface area (Å²) in [4.78, 5) is 5.12. The van der Waals surface area contributed by atoms with Crippen molar-refractivity contribution >= 4 is 0 Å². The van der Waals surface area contributed by atoms with Crippen LogP contribution in [-0.4, -0.2) is 55.1 Å². The molecule has 3 unspecified atom stereocenters. The molecule has 0 aromatic rings. The average molecular weight is 253 g/mol. The highest BCUT2D eigenvalue weighted by atomic mass is 15.3. The largest absolute Gasteiger partial charge is 0.329 e. The normalized spacial score (nSPS) is 38.5. The summed E-state index contributed by atoms with van der Waals surface area (Å²) in [6.45, 7) is 5.67. The molecule has 18 heavy (non-hydrogen) atoms. The van der Waals surface area contributed by atoms with Crippen LogP contribution in [0.1, 0.15) is 45.4 Å². The van der Waals surface area contributed by atoms with Gasteiger partial charge in [0.2, 0.25) is 0 Å². The Labute approximate surface area is 113 Å². The van der Waals surface area contributed by atoms with E-state index in [1.54, 1.807) is 0 Å².